The topological polar surface area (TPSA) is 64.1 Å². The number of aromatic nitrogens is 2. The lowest BCUT2D eigenvalue weighted by atomic mass is 10.0. The van der Waals surface area contributed by atoms with Crippen LogP contribution in [0.4, 0.5) is 5.69 Å². The second-order valence-corrected chi connectivity index (χ2v) is 6.05. The molecule has 6 heteroatoms. The molecule has 0 saturated heterocycles. The summed E-state index contributed by atoms with van der Waals surface area (Å²) in [6.07, 6.45) is 1.68. The molecule has 0 unspecified atom stereocenters. The first-order valence-corrected chi connectivity index (χ1v) is 8.33. The average Bonchev–Trinajstić information content (AvgIpc) is 2.68. The van der Waals surface area contributed by atoms with E-state index in [9.17, 15) is 4.79 Å². The number of hydrogen-bond acceptors (Lipinski definition) is 4. The maximum absolute atomic E-state index is 12.9. The highest BCUT2D eigenvalue weighted by Crippen LogP contribution is 2.29. The Bertz CT molecular complexity index is 1140. The van der Waals surface area contributed by atoms with Crippen LogP contribution >= 0.6 is 11.6 Å². The summed E-state index contributed by atoms with van der Waals surface area (Å²) >= 11 is 6.13. The number of rotatable bonds is 3. The van der Waals surface area contributed by atoms with Crippen LogP contribution in [-0.4, -0.2) is 23.0 Å². The fourth-order valence-corrected chi connectivity index (χ4v) is 3.11. The maximum Gasteiger partial charge on any atom is 0.257 e. The van der Waals surface area contributed by atoms with Crippen molar-refractivity contribution < 1.29 is 9.53 Å². The second-order valence-electron chi connectivity index (χ2n) is 5.69. The number of anilines is 1. The lowest BCUT2D eigenvalue weighted by Gasteiger charge is -2.11. The number of benzene rings is 2. The highest BCUT2D eigenvalue weighted by molar-refractivity contribution is 6.33. The second kappa shape index (κ2) is 6.61. The van der Waals surface area contributed by atoms with Crippen molar-refractivity contribution in [3.8, 4) is 5.88 Å². The van der Waals surface area contributed by atoms with Gasteiger partial charge in [0.15, 0.2) is 5.15 Å². The minimum atomic E-state index is -0.298. The first-order chi connectivity index (χ1) is 12.7. The summed E-state index contributed by atoms with van der Waals surface area (Å²) in [6, 6.07) is 16.9. The van der Waals surface area contributed by atoms with Crippen LogP contribution in [0.1, 0.15) is 10.4 Å². The molecule has 26 heavy (non-hydrogen) atoms. The largest absolute Gasteiger partial charge is 0.481 e. The smallest absolute Gasteiger partial charge is 0.257 e. The van der Waals surface area contributed by atoms with E-state index in [2.05, 4.69) is 15.3 Å². The van der Waals surface area contributed by atoms with Crippen molar-refractivity contribution in [3.05, 3.63) is 71.5 Å². The lowest BCUT2D eigenvalue weighted by molar-refractivity contribution is 0.102. The number of halogens is 1. The molecule has 0 aliphatic rings. The highest BCUT2D eigenvalue weighted by Gasteiger charge is 2.16. The zero-order chi connectivity index (χ0) is 18.1. The standard InChI is InChI=1S/C20H14ClN3O2/c1-26-17-9-8-16(19(21)24-17)23-20(25)15-11-12-5-2-3-6-13(12)14-7-4-10-22-18(14)15/h2-11H,1H3,(H,23,25). The zero-order valence-corrected chi connectivity index (χ0v) is 14.6. The fourth-order valence-electron chi connectivity index (χ4n) is 2.92. The van der Waals surface area contributed by atoms with Crippen LogP contribution in [0, 0.1) is 0 Å². The molecule has 0 fully saturated rings. The summed E-state index contributed by atoms with van der Waals surface area (Å²) in [7, 11) is 1.50. The number of pyridine rings is 2. The molecule has 0 bridgehead atoms. The van der Waals surface area contributed by atoms with Gasteiger partial charge < -0.3 is 10.1 Å². The number of methoxy groups -OCH3 is 1. The molecule has 2 aromatic heterocycles. The quantitative estimate of drug-likeness (QED) is 0.423. The summed E-state index contributed by atoms with van der Waals surface area (Å²) in [5.74, 6) is 0.0825. The van der Waals surface area contributed by atoms with Crippen molar-refractivity contribution in [1.82, 2.24) is 9.97 Å². The first kappa shape index (κ1) is 16.3. The molecule has 0 saturated carbocycles. The Morgan fingerprint density at radius 3 is 2.69 bits per heavy atom. The van der Waals surface area contributed by atoms with E-state index >= 15 is 0 Å². The van der Waals surface area contributed by atoms with Gasteiger partial charge in [0.1, 0.15) is 0 Å². The van der Waals surface area contributed by atoms with Gasteiger partial charge in [-0.3, -0.25) is 9.78 Å². The molecule has 1 amide bonds. The summed E-state index contributed by atoms with van der Waals surface area (Å²) in [5.41, 5.74) is 1.53. The van der Waals surface area contributed by atoms with Crippen LogP contribution in [0.3, 0.4) is 0 Å². The molecule has 1 N–H and O–H groups in total. The number of amides is 1. The molecule has 2 heterocycles. The Morgan fingerprint density at radius 2 is 1.88 bits per heavy atom. The van der Waals surface area contributed by atoms with Crippen molar-refractivity contribution in [2.75, 3.05) is 12.4 Å². The molecular formula is C20H14ClN3O2. The van der Waals surface area contributed by atoms with Crippen LogP contribution in [0.15, 0.2) is 60.8 Å². The molecular weight excluding hydrogens is 350 g/mol. The Kier molecular flexibility index (Phi) is 4.14. The molecule has 0 aliphatic heterocycles. The summed E-state index contributed by atoms with van der Waals surface area (Å²) in [6.45, 7) is 0. The Balaban J connectivity index is 1.81. The number of hydrogen-bond donors (Lipinski definition) is 1. The first-order valence-electron chi connectivity index (χ1n) is 7.96. The van der Waals surface area contributed by atoms with Crippen LogP contribution < -0.4 is 10.1 Å². The van der Waals surface area contributed by atoms with E-state index in [0.29, 0.717) is 22.6 Å². The number of carbonyl (C=O) groups is 1. The molecule has 2 aromatic carbocycles. The van der Waals surface area contributed by atoms with Gasteiger partial charge in [0, 0.05) is 17.6 Å². The van der Waals surface area contributed by atoms with Gasteiger partial charge in [-0.15, -0.1) is 0 Å². The van der Waals surface area contributed by atoms with E-state index in [1.807, 2.05) is 42.5 Å². The number of nitrogens with zero attached hydrogens (tertiary/aromatic N) is 2. The van der Waals surface area contributed by atoms with Crippen LogP contribution in [0.25, 0.3) is 21.7 Å². The molecule has 0 aliphatic carbocycles. The zero-order valence-electron chi connectivity index (χ0n) is 13.9. The molecule has 5 nitrogen and oxygen atoms in total. The maximum atomic E-state index is 12.9. The summed E-state index contributed by atoms with van der Waals surface area (Å²) in [4.78, 5) is 21.4. The molecule has 4 rings (SSSR count). The van der Waals surface area contributed by atoms with Crippen molar-refractivity contribution in [2.45, 2.75) is 0 Å². The number of nitrogens with one attached hydrogen (secondary N) is 1. The average molecular weight is 364 g/mol. The molecule has 128 valence electrons. The SMILES string of the molecule is COc1ccc(NC(=O)c2cc3ccccc3c3cccnc23)c(Cl)n1. The van der Waals surface area contributed by atoms with Gasteiger partial charge >= 0.3 is 0 Å². The van der Waals surface area contributed by atoms with Crippen molar-refractivity contribution in [1.29, 1.82) is 0 Å². The predicted molar refractivity (Wildman–Crippen MR) is 103 cm³/mol. The molecule has 4 aromatic rings. The van der Waals surface area contributed by atoms with E-state index in [4.69, 9.17) is 16.3 Å². The van der Waals surface area contributed by atoms with E-state index in [1.165, 1.54) is 7.11 Å². The van der Waals surface area contributed by atoms with Crippen molar-refractivity contribution in [3.63, 3.8) is 0 Å². The number of fused-ring (bicyclic) bond motifs is 3. The van der Waals surface area contributed by atoms with Crippen LogP contribution in [0.5, 0.6) is 5.88 Å². The normalized spacial score (nSPS) is 10.8. The van der Waals surface area contributed by atoms with Gasteiger partial charge in [0.05, 0.1) is 23.9 Å². The van der Waals surface area contributed by atoms with Gasteiger partial charge in [-0.1, -0.05) is 41.9 Å². The molecule has 0 spiro atoms. The monoisotopic (exact) mass is 363 g/mol. The minimum absolute atomic E-state index is 0.163. The predicted octanol–water partition coefficient (Wildman–Crippen LogP) is 4.70. The third-order valence-electron chi connectivity index (χ3n) is 4.14. The van der Waals surface area contributed by atoms with Gasteiger partial charge in [-0.2, -0.15) is 4.98 Å². The van der Waals surface area contributed by atoms with E-state index < -0.39 is 0 Å². The fraction of sp³-hybridized carbons (Fsp3) is 0.0500. The van der Waals surface area contributed by atoms with E-state index in [0.717, 1.165) is 16.2 Å². The summed E-state index contributed by atoms with van der Waals surface area (Å²) in [5, 5.41) is 5.92. The van der Waals surface area contributed by atoms with Crippen molar-refractivity contribution >= 4 is 44.9 Å². The summed E-state index contributed by atoms with van der Waals surface area (Å²) < 4.78 is 5.03. The van der Waals surface area contributed by atoms with Crippen molar-refractivity contribution in [2.24, 2.45) is 0 Å². The third kappa shape index (κ3) is 2.82. The van der Waals surface area contributed by atoms with Gasteiger partial charge in [-0.25, -0.2) is 0 Å². The van der Waals surface area contributed by atoms with Gasteiger partial charge in [0.25, 0.3) is 5.91 Å². The van der Waals surface area contributed by atoms with E-state index in [-0.39, 0.29) is 11.1 Å². The number of ether oxygens (including phenoxy) is 1. The van der Waals surface area contributed by atoms with Crippen LogP contribution in [-0.2, 0) is 0 Å². The number of carbonyl (C=O) groups excluding carboxylic acids is 1. The van der Waals surface area contributed by atoms with Crippen LogP contribution in [0.2, 0.25) is 5.15 Å². The Labute approximate surface area is 154 Å². The molecule has 0 atom stereocenters. The van der Waals surface area contributed by atoms with Gasteiger partial charge in [-0.05, 0) is 29.0 Å². The minimum Gasteiger partial charge on any atom is -0.481 e. The lowest BCUT2D eigenvalue weighted by Crippen LogP contribution is -2.13. The Hall–Kier alpha value is -3.18. The Morgan fingerprint density at radius 1 is 1.08 bits per heavy atom. The molecule has 0 radical (unpaired) electrons. The third-order valence-corrected chi connectivity index (χ3v) is 4.43. The highest BCUT2D eigenvalue weighted by atomic mass is 35.5. The van der Waals surface area contributed by atoms with Gasteiger partial charge in [0.2, 0.25) is 5.88 Å². The van der Waals surface area contributed by atoms with E-state index in [1.54, 1.807) is 18.3 Å².